The number of rotatable bonds is 6. The fraction of sp³-hybridized carbons (Fsp3) is 0.370. The molecule has 0 saturated heterocycles. The number of fused-ring (bicyclic) bond motifs is 2. The molecule has 0 radical (unpaired) electrons. The van der Waals surface area contributed by atoms with Crippen molar-refractivity contribution in [1.82, 2.24) is 9.55 Å². The smallest absolute Gasteiger partial charge is 0.337 e. The van der Waals surface area contributed by atoms with Crippen molar-refractivity contribution in [3.63, 3.8) is 0 Å². The number of carbonyl (C=O) groups is 1. The highest BCUT2D eigenvalue weighted by Gasteiger charge is 2.33. The quantitative estimate of drug-likeness (QED) is 0.373. The van der Waals surface area contributed by atoms with Crippen molar-refractivity contribution in [1.29, 1.82) is 0 Å². The Bertz CT molecular complexity index is 1500. The second-order valence-electron chi connectivity index (χ2n) is 9.57. The summed E-state index contributed by atoms with van der Waals surface area (Å²) >= 11 is 1.10. The van der Waals surface area contributed by atoms with E-state index in [1.807, 2.05) is 52.0 Å². The number of hydrogen-bond donors (Lipinski definition) is 1. The third-order valence-corrected chi connectivity index (χ3v) is 7.17. The molecule has 0 fully saturated rings. The summed E-state index contributed by atoms with van der Waals surface area (Å²) in [6.45, 7) is 9.41. The van der Waals surface area contributed by atoms with Crippen molar-refractivity contribution in [2.24, 2.45) is 7.05 Å². The number of nitrogens with zero attached hydrogens (tertiary/aromatic N) is 2. The number of aromatic nitrogens is 2. The molecule has 0 aliphatic carbocycles. The van der Waals surface area contributed by atoms with Crippen LogP contribution in [0.15, 0.2) is 35.3 Å². The van der Waals surface area contributed by atoms with E-state index in [2.05, 4.69) is 6.92 Å². The molecule has 0 aliphatic heterocycles. The van der Waals surface area contributed by atoms with Gasteiger partial charge in [-0.1, -0.05) is 18.3 Å². The number of pyridine rings is 1. The zero-order valence-electron chi connectivity index (χ0n) is 21.1. The highest BCUT2D eigenvalue weighted by Crippen LogP contribution is 2.45. The number of ether oxygens (including phenoxy) is 2. The van der Waals surface area contributed by atoms with Gasteiger partial charge in [0.1, 0.15) is 5.75 Å². The van der Waals surface area contributed by atoms with Crippen molar-refractivity contribution < 1.29 is 19.4 Å². The molecule has 4 aromatic rings. The van der Waals surface area contributed by atoms with Crippen LogP contribution in [-0.2, 0) is 23.0 Å². The summed E-state index contributed by atoms with van der Waals surface area (Å²) in [6, 6.07) is 7.60. The second kappa shape index (κ2) is 9.09. The largest absolute Gasteiger partial charge is 0.496 e. The molecule has 184 valence electrons. The van der Waals surface area contributed by atoms with Crippen LogP contribution in [0.5, 0.6) is 5.75 Å². The van der Waals surface area contributed by atoms with Gasteiger partial charge in [-0.05, 0) is 69.5 Å². The van der Waals surface area contributed by atoms with E-state index in [9.17, 15) is 14.7 Å². The Morgan fingerprint density at radius 2 is 1.97 bits per heavy atom. The summed E-state index contributed by atoms with van der Waals surface area (Å²) in [5.41, 5.74) is 4.46. The molecule has 0 aliphatic rings. The summed E-state index contributed by atoms with van der Waals surface area (Å²) in [5, 5.41) is 11.1. The molecule has 35 heavy (non-hydrogen) atoms. The standard InChI is InChI=1S/C27H30N2O5S/c1-8-15-11-12-28-22-16(9-10-18(33-7)20(15)22)21-19(23(25(30)31)34-27(3,4)5)14(2)13-17-24(21)35-26(32)29(17)6/h9-13,23H,8H2,1-7H3,(H,30,31)/t23-/m0/s1. The summed E-state index contributed by atoms with van der Waals surface area (Å²) in [4.78, 5) is 29.9. The van der Waals surface area contributed by atoms with E-state index < -0.39 is 17.7 Å². The van der Waals surface area contributed by atoms with Crippen molar-refractivity contribution in [2.75, 3.05) is 7.11 Å². The van der Waals surface area contributed by atoms with Gasteiger partial charge in [0.2, 0.25) is 0 Å². The summed E-state index contributed by atoms with van der Waals surface area (Å²) in [7, 11) is 3.35. The molecule has 2 aromatic carbocycles. The van der Waals surface area contributed by atoms with Gasteiger partial charge in [-0.25, -0.2) is 4.79 Å². The molecular weight excluding hydrogens is 464 g/mol. The van der Waals surface area contributed by atoms with E-state index in [0.29, 0.717) is 27.1 Å². The molecule has 2 heterocycles. The van der Waals surface area contributed by atoms with Crippen LogP contribution in [0.25, 0.3) is 32.2 Å². The lowest BCUT2D eigenvalue weighted by Crippen LogP contribution is -2.28. The third-order valence-electron chi connectivity index (χ3n) is 6.10. The predicted octanol–water partition coefficient (Wildman–Crippen LogP) is 5.64. The molecule has 7 nitrogen and oxygen atoms in total. The number of benzene rings is 2. The van der Waals surface area contributed by atoms with E-state index in [1.54, 1.807) is 24.9 Å². The van der Waals surface area contributed by atoms with Gasteiger partial charge in [-0.2, -0.15) is 0 Å². The number of methoxy groups -OCH3 is 1. The van der Waals surface area contributed by atoms with Gasteiger partial charge < -0.3 is 19.1 Å². The Balaban J connectivity index is 2.22. The SMILES string of the molecule is CCc1ccnc2c(-c3c([C@H](OC(C)(C)C)C(=O)O)c(C)cc4c3sc(=O)n4C)ccc(OC)c12. The Hall–Kier alpha value is -3.23. The molecule has 4 rings (SSSR count). The maximum Gasteiger partial charge on any atom is 0.337 e. The average molecular weight is 495 g/mol. The third kappa shape index (κ3) is 4.32. The van der Waals surface area contributed by atoms with E-state index in [0.717, 1.165) is 45.4 Å². The average Bonchev–Trinajstić information content (AvgIpc) is 3.08. The first-order valence-electron chi connectivity index (χ1n) is 11.5. The van der Waals surface area contributed by atoms with Gasteiger partial charge in [0.25, 0.3) is 0 Å². The number of aryl methyl sites for hydroxylation is 3. The van der Waals surface area contributed by atoms with Crippen molar-refractivity contribution in [2.45, 2.75) is 52.7 Å². The Morgan fingerprint density at radius 3 is 2.57 bits per heavy atom. The van der Waals surface area contributed by atoms with Gasteiger partial charge in [0.05, 0.1) is 28.4 Å². The number of thiazole rings is 1. The number of carboxylic acid groups (broad SMARTS) is 1. The predicted molar refractivity (Wildman–Crippen MR) is 140 cm³/mol. The van der Waals surface area contributed by atoms with E-state index in [1.165, 1.54) is 0 Å². The zero-order valence-corrected chi connectivity index (χ0v) is 21.9. The maximum absolute atomic E-state index is 12.7. The van der Waals surface area contributed by atoms with Crippen LogP contribution < -0.4 is 9.61 Å². The van der Waals surface area contributed by atoms with E-state index in [4.69, 9.17) is 14.5 Å². The maximum atomic E-state index is 12.7. The normalized spacial score (nSPS) is 12.9. The van der Waals surface area contributed by atoms with Crippen LogP contribution in [0.3, 0.4) is 0 Å². The fourth-order valence-corrected chi connectivity index (χ4v) is 5.60. The van der Waals surface area contributed by atoms with Crippen LogP contribution in [0.4, 0.5) is 0 Å². The van der Waals surface area contributed by atoms with Crippen LogP contribution in [0, 0.1) is 6.92 Å². The molecular formula is C27H30N2O5S. The lowest BCUT2D eigenvalue weighted by molar-refractivity contribution is -0.160. The van der Waals surface area contributed by atoms with E-state index in [-0.39, 0.29) is 4.87 Å². The molecule has 0 spiro atoms. The highest BCUT2D eigenvalue weighted by molar-refractivity contribution is 7.17. The monoisotopic (exact) mass is 494 g/mol. The van der Waals surface area contributed by atoms with Crippen molar-refractivity contribution >= 4 is 38.4 Å². The topological polar surface area (TPSA) is 90.7 Å². The van der Waals surface area contributed by atoms with Crippen LogP contribution >= 0.6 is 11.3 Å². The molecule has 1 atom stereocenters. The first-order chi connectivity index (χ1) is 16.5. The Kier molecular flexibility index (Phi) is 6.46. The van der Waals surface area contributed by atoms with Gasteiger partial charge in [-0.15, -0.1) is 0 Å². The highest BCUT2D eigenvalue weighted by atomic mass is 32.1. The van der Waals surface area contributed by atoms with Gasteiger partial charge in [0.15, 0.2) is 6.10 Å². The van der Waals surface area contributed by atoms with Crippen LogP contribution in [0.1, 0.15) is 50.5 Å². The molecule has 0 bridgehead atoms. The number of aliphatic carboxylic acids is 1. The van der Waals surface area contributed by atoms with E-state index >= 15 is 0 Å². The molecule has 8 heteroatoms. The molecule has 0 saturated carbocycles. The molecule has 0 unspecified atom stereocenters. The summed E-state index contributed by atoms with van der Waals surface area (Å²) < 4.78 is 14.1. The molecule has 2 aromatic heterocycles. The van der Waals surface area contributed by atoms with Gasteiger partial charge in [-0.3, -0.25) is 9.78 Å². The molecule has 0 amide bonds. The summed E-state index contributed by atoms with van der Waals surface area (Å²) in [5.74, 6) is -0.395. The minimum atomic E-state index is -1.23. The fourth-order valence-electron chi connectivity index (χ4n) is 4.56. The Morgan fingerprint density at radius 1 is 1.26 bits per heavy atom. The van der Waals surface area contributed by atoms with Crippen molar-refractivity contribution in [3.8, 4) is 16.9 Å². The minimum Gasteiger partial charge on any atom is -0.496 e. The first-order valence-corrected chi connectivity index (χ1v) is 12.3. The second-order valence-corrected chi connectivity index (χ2v) is 10.5. The Labute approximate surface area is 208 Å². The van der Waals surface area contributed by atoms with Crippen LogP contribution in [-0.4, -0.2) is 33.3 Å². The minimum absolute atomic E-state index is 0.124. The first kappa shape index (κ1) is 24.9. The zero-order chi connectivity index (χ0) is 25.7. The molecule has 1 N–H and O–H groups in total. The lowest BCUT2D eigenvalue weighted by atomic mass is 9.89. The van der Waals surface area contributed by atoms with Gasteiger partial charge in [0, 0.05) is 35.3 Å². The van der Waals surface area contributed by atoms with Gasteiger partial charge >= 0.3 is 10.8 Å². The number of carboxylic acids is 1. The number of hydrogen-bond acceptors (Lipinski definition) is 6. The summed E-state index contributed by atoms with van der Waals surface area (Å²) in [6.07, 6.45) is 1.30. The lowest BCUT2D eigenvalue weighted by Gasteiger charge is -2.28. The van der Waals surface area contributed by atoms with Crippen molar-refractivity contribution in [3.05, 3.63) is 56.8 Å². The van der Waals surface area contributed by atoms with Crippen LogP contribution in [0.2, 0.25) is 0 Å².